The Labute approximate surface area is 101 Å². The van der Waals surface area contributed by atoms with Crippen molar-refractivity contribution in [1.29, 1.82) is 0 Å². The highest BCUT2D eigenvalue weighted by Crippen LogP contribution is 2.26. The maximum absolute atomic E-state index is 4.40. The number of rotatable bonds is 2. The van der Waals surface area contributed by atoms with E-state index in [1.54, 1.807) is 6.33 Å². The Morgan fingerprint density at radius 2 is 2.29 bits per heavy atom. The average molecular weight is 228 g/mol. The maximum atomic E-state index is 4.40. The van der Waals surface area contributed by atoms with Crippen molar-refractivity contribution in [3.05, 3.63) is 47.5 Å². The van der Waals surface area contributed by atoms with E-state index < -0.39 is 0 Å². The Morgan fingerprint density at radius 3 is 3.18 bits per heavy atom. The molecule has 2 aromatic rings. The summed E-state index contributed by atoms with van der Waals surface area (Å²) in [5.74, 6) is 1.01. The van der Waals surface area contributed by atoms with Crippen molar-refractivity contribution in [3.63, 3.8) is 0 Å². The summed E-state index contributed by atoms with van der Waals surface area (Å²) < 4.78 is 1.96. The summed E-state index contributed by atoms with van der Waals surface area (Å²) in [6, 6.07) is 8.76. The largest absolute Gasteiger partial charge is 0.303 e. The number of aryl methyl sites for hydroxylation is 1. The van der Waals surface area contributed by atoms with E-state index in [1.807, 2.05) is 4.68 Å². The highest BCUT2D eigenvalue weighted by molar-refractivity contribution is 5.35. The first-order chi connectivity index (χ1) is 8.40. The van der Waals surface area contributed by atoms with Crippen molar-refractivity contribution < 1.29 is 0 Å². The van der Waals surface area contributed by atoms with E-state index in [2.05, 4.69) is 46.6 Å². The van der Waals surface area contributed by atoms with Crippen molar-refractivity contribution in [1.82, 2.24) is 20.1 Å². The van der Waals surface area contributed by atoms with E-state index in [4.69, 9.17) is 0 Å². The molecule has 3 rings (SSSR count). The molecule has 0 spiro atoms. The van der Waals surface area contributed by atoms with Crippen molar-refractivity contribution in [3.8, 4) is 0 Å². The van der Waals surface area contributed by atoms with Crippen LogP contribution in [0.2, 0.25) is 0 Å². The highest BCUT2D eigenvalue weighted by atomic mass is 15.3. The third-order valence-corrected chi connectivity index (χ3v) is 3.31. The number of nitrogens with one attached hydrogen (secondary N) is 1. The Morgan fingerprint density at radius 1 is 1.41 bits per heavy atom. The summed E-state index contributed by atoms with van der Waals surface area (Å²) in [7, 11) is 0. The van der Waals surface area contributed by atoms with Gasteiger partial charge in [0.15, 0.2) is 0 Å². The minimum atomic E-state index is 0.183. The Balaban J connectivity index is 2.06. The van der Waals surface area contributed by atoms with E-state index in [0.717, 1.165) is 25.3 Å². The van der Waals surface area contributed by atoms with Gasteiger partial charge in [-0.2, -0.15) is 5.10 Å². The van der Waals surface area contributed by atoms with Crippen molar-refractivity contribution in [2.75, 3.05) is 6.54 Å². The fraction of sp³-hybridized carbons (Fsp3) is 0.385. The molecule has 0 radical (unpaired) electrons. The van der Waals surface area contributed by atoms with Gasteiger partial charge in [0, 0.05) is 13.1 Å². The van der Waals surface area contributed by atoms with Crippen LogP contribution in [0.4, 0.5) is 0 Å². The van der Waals surface area contributed by atoms with Crippen LogP contribution in [0.25, 0.3) is 0 Å². The van der Waals surface area contributed by atoms with Crippen LogP contribution >= 0.6 is 0 Å². The summed E-state index contributed by atoms with van der Waals surface area (Å²) in [4.78, 5) is 4.40. The smallest absolute Gasteiger partial charge is 0.148 e. The molecular weight excluding hydrogens is 212 g/mol. The van der Waals surface area contributed by atoms with E-state index in [1.165, 1.54) is 11.1 Å². The van der Waals surface area contributed by atoms with Gasteiger partial charge in [-0.25, -0.2) is 9.67 Å². The molecule has 1 unspecified atom stereocenters. The van der Waals surface area contributed by atoms with Gasteiger partial charge >= 0.3 is 0 Å². The van der Waals surface area contributed by atoms with Crippen LogP contribution < -0.4 is 5.32 Å². The minimum Gasteiger partial charge on any atom is -0.303 e. The molecule has 88 valence electrons. The normalized spacial score (nSPS) is 19.0. The lowest BCUT2D eigenvalue weighted by atomic mass is 9.94. The zero-order valence-corrected chi connectivity index (χ0v) is 9.93. The van der Waals surface area contributed by atoms with Crippen LogP contribution in [-0.4, -0.2) is 21.3 Å². The molecule has 1 aliphatic rings. The second kappa shape index (κ2) is 4.30. The molecule has 4 heteroatoms. The SMILES string of the molecule is CCn1ncnc1C1NCCc2ccccc21. The molecule has 0 bridgehead atoms. The number of hydrogen-bond acceptors (Lipinski definition) is 3. The molecule has 0 saturated heterocycles. The standard InChI is InChI=1S/C13H16N4/c1-2-17-13(15-9-16-17)12-11-6-4-3-5-10(11)7-8-14-12/h3-6,9,12,14H,2,7-8H2,1H3. The maximum Gasteiger partial charge on any atom is 0.148 e. The molecule has 0 saturated carbocycles. The van der Waals surface area contributed by atoms with E-state index in [-0.39, 0.29) is 6.04 Å². The summed E-state index contributed by atoms with van der Waals surface area (Å²) in [6.45, 7) is 3.95. The second-order valence-electron chi connectivity index (χ2n) is 4.27. The van der Waals surface area contributed by atoms with Crippen LogP contribution in [0.15, 0.2) is 30.6 Å². The average Bonchev–Trinajstić information content (AvgIpc) is 2.86. The number of fused-ring (bicyclic) bond motifs is 1. The van der Waals surface area contributed by atoms with Crippen LogP contribution in [0.1, 0.15) is 29.9 Å². The summed E-state index contributed by atoms with van der Waals surface area (Å²) in [5.41, 5.74) is 2.75. The summed E-state index contributed by atoms with van der Waals surface area (Å²) in [6.07, 6.45) is 2.73. The van der Waals surface area contributed by atoms with Crippen LogP contribution in [0, 0.1) is 0 Å². The van der Waals surface area contributed by atoms with Crippen molar-refractivity contribution >= 4 is 0 Å². The Hall–Kier alpha value is -1.68. The zero-order valence-electron chi connectivity index (χ0n) is 9.93. The van der Waals surface area contributed by atoms with E-state index in [0.29, 0.717) is 0 Å². The monoisotopic (exact) mass is 228 g/mol. The predicted molar refractivity (Wildman–Crippen MR) is 65.7 cm³/mol. The number of aromatic nitrogens is 3. The van der Waals surface area contributed by atoms with Crippen LogP contribution in [-0.2, 0) is 13.0 Å². The number of hydrogen-bond donors (Lipinski definition) is 1. The molecule has 2 heterocycles. The third-order valence-electron chi connectivity index (χ3n) is 3.31. The number of nitrogens with zero attached hydrogens (tertiary/aromatic N) is 3. The summed E-state index contributed by atoms with van der Waals surface area (Å²) >= 11 is 0. The zero-order chi connectivity index (χ0) is 11.7. The quantitative estimate of drug-likeness (QED) is 0.847. The summed E-state index contributed by atoms with van der Waals surface area (Å²) in [5, 5.41) is 7.78. The van der Waals surface area contributed by atoms with Gasteiger partial charge in [-0.05, 0) is 24.5 Å². The van der Waals surface area contributed by atoms with Crippen LogP contribution in [0.5, 0.6) is 0 Å². The van der Waals surface area contributed by atoms with Gasteiger partial charge in [0.25, 0.3) is 0 Å². The first kappa shape index (κ1) is 10.5. The molecular formula is C13H16N4. The van der Waals surface area contributed by atoms with Gasteiger partial charge in [-0.15, -0.1) is 0 Å². The molecule has 17 heavy (non-hydrogen) atoms. The van der Waals surface area contributed by atoms with Gasteiger partial charge in [0.1, 0.15) is 12.2 Å². The van der Waals surface area contributed by atoms with Crippen LogP contribution in [0.3, 0.4) is 0 Å². The third kappa shape index (κ3) is 1.74. The molecule has 1 aromatic heterocycles. The Bertz CT molecular complexity index is 518. The fourth-order valence-corrected chi connectivity index (χ4v) is 2.48. The molecule has 0 amide bonds. The molecule has 1 aromatic carbocycles. The molecule has 1 N–H and O–H groups in total. The topological polar surface area (TPSA) is 42.7 Å². The van der Waals surface area contributed by atoms with E-state index in [9.17, 15) is 0 Å². The lowest BCUT2D eigenvalue weighted by Crippen LogP contribution is -2.32. The van der Waals surface area contributed by atoms with Gasteiger partial charge in [0.2, 0.25) is 0 Å². The van der Waals surface area contributed by atoms with Crippen molar-refractivity contribution in [2.24, 2.45) is 0 Å². The van der Waals surface area contributed by atoms with Gasteiger partial charge in [0.05, 0.1) is 6.04 Å². The van der Waals surface area contributed by atoms with Gasteiger partial charge < -0.3 is 5.32 Å². The molecule has 1 aliphatic heterocycles. The van der Waals surface area contributed by atoms with Gasteiger partial charge in [-0.3, -0.25) is 0 Å². The second-order valence-corrected chi connectivity index (χ2v) is 4.27. The molecule has 0 aliphatic carbocycles. The molecule has 0 fully saturated rings. The lowest BCUT2D eigenvalue weighted by molar-refractivity contribution is 0.500. The molecule has 4 nitrogen and oxygen atoms in total. The molecule has 1 atom stereocenters. The Kier molecular flexibility index (Phi) is 2.65. The van der Waals surface area contributed by atoms with Gasteiger partial charge in [-0.1, -0.05) is 24.3 Å². The first-order valence-electron chi connectivity index (χ1n) is 6.09. The lowest BCUT2D eigenvalue weighted by Gasteiger charge is -2.26. The predicted octanol–water partition coefficient (Wildman–Crippen LogP) is 1.53. The fourth-order valence-electron chi connectivity index (χ4n) is 2.48. The first-order valence-corrected chi connectivity index (χ1v) is 6.09. The highest BCUT2D eigenvalue weighted by Gasteiger charge is 2.24. The van der Waals surface area contributed by atoms with Crippen molar-refractivity contribution in [2.45, 2.75) is 25.9 Å². The minimum absolute atomic E-state index is 0.183. The number of benzene rings is 1. The van der Waals surface area contributed by atoms with E-state index >= 15 is 0 Å².